The van der Waals surface area contributed by atoms with Gasteiger partial charge < -0.3 is 9.52 Å². The van der Waals surface area contributed by atoms with E-state index in [0.717, 1.165) is 5.56 Å². The Morgan fingerprint density at radius 1 is 1.53 bits per heavy atom. The second-order valence-corrected chi connectivity index (χ2v) is 3.64. The van der Waals surface area contributed by atoms with Crippen LogP contribution >= 0.6 is 0 Å². The van der Waals surface area contributed by atoms with Crippen LogP contribution in [-0.2, 0) is 17.6 Å². The molecular formula is C12H10N2O3. The molecular weight excluding hydrogens is 220 g/mol. The van der Waals surface area contributed by atoms with Crippen molar-refractivity contribution < 1.29 is 14.3 Å². The molecule has 1 aromatic heterocycles. The second kappa shape index (κ2) is 4.66. The maximum absolute atomic E-state index is 10.5. The van der Waals surface area contributed by atoms with Crippen molar-refractivity contribution in [2.24, 2.45) is 0 Å². The molecule has 5 nitrogen and oxygen atoms in total. The number of aromatic nitrogens is 1. The topological polar surface area (TPSA) is 87.1 Å². The third-order valence-electron chi connectivity index (χ3n) is 2.35. The van der Waals surface area contributed by atoms with Gasteiger partial charge in [0.1, 0.15) is 11.9 Å². The molecule has 1 heterocycles. The van der Waals surface area contributed by atoms with Crippen molar-refractivity contribution in [3.8, 4) is 6.07 Å². The number of aliphatic carboxylic acids is 1. The number of aryl methyl sites for hydroxylation is 1. The van der Waals surface area contributed by atoms with Gasteiger partial charge in [0.05, 0.1) is 6.07 Å². The van der Waals surface area contributed by atoms with E-state index in [1.165, 1.54) is 0 Å². The molecule has 86 valence electrons. The van der Waals surface area contributed by atoms with Crippen molar-refractivity contribution in [2.75, 3.05) is 0 Å². The minimum atomic E-state index is -0.824. The highest BCUT2D eigenvalue weighted by Crippen LogP contribution is 2.18. The van der Waals surface area contributed by atoms with Gasteiger partial charge in [0.15, 0.2) is 5.58 Å². The zero-order valence-electron chi connectivity index (χ0n) is 9.01. The molecule has 17 heavy (non-hydrogen) atoms. The molecule has 0 unspecified atom stereocenters. The van der Waals surface area contributed by atoms with Crippen LogP contribution in [0.25, 0.3) is 11.1 Å². The fraction of sp³-hybridized carbons (Fsp3) is 0.250. The maximum Gasteiger partial charge on any atom is 0.303 e. The van der Waals surface area contributed by atoms with Gasteiger partial charge in [-0.25, -0.2) is 4.98 Å². The summed E-state index contributed by atoms with van der Waals surface area (Å²) in [6.45, 7) is 0. The fourth-order valence-corrected chi connectivity index (χ4v) is 1.57. The first-order chi connectivity index (χ1) is 8.19. The number of hydrogen-bond acceptors (Lipinski definition) is 4. The van der Waals surface area contributed by atoms with E-state index in [0.29, 0.717) is 23.4 Å². The smallest absolute Gasteiger partial charge is 0.303 e. The summed E-state index contributed by atoms with van der Waals surface area (Å²) in [4.78, 5) is 14.6. The van der Waals surface area contributed by atoms with Crippen molar-refractivity contribution >= 4 is 17.1 Å². The molecule has 0 fully saturated rings. The molecule has 5 heteroatoms. The Bertz CT molecular complexity index is 595. The lowest BCUT2D eigenvalue weighted by molar-refractivity contribution is -0.136. The number of carboxylic acids is 1. The van der Waals surface area contributed by atoms with Crippen molar-refractivity contribution in [2.45, 2.75) is 19.3 Å². The lowest BCUT2D eigenvalue weighted by Crippen LogP contribution is -1.97. The molecule has 2 aromatic rings. The number of rotatable bonds is 4. The lowest BCUT2D eigenvalue weighted by Gasteiger charge is -1.96. The van der Waals surface area contributed by atoms with Gasteiger partial charge in [0.25, 0.3) is 0 Å². The summed E-state index contributed by atoms with van der Waals surface area (Å²) < 4.78 is 5.34. The van der Waals surface area contributed by atoms with Crippen molar-refractivity contribution in [1.82, 2.24) is 4.98 Å². The molecule has 0 aliphatic carbocycles. The molecule has 0 spiro atoms. The first kappa shape index (κ1) is 11.1. The highest BCUT2D eigenvalue weighted by atomic mass is 16.4. The van der Waals surface area contributed by atoms with E-state index in [1.807, 2.05) is 12.1 Å². The Morgan fingerprint density at radius 2 is 2.35 bits per heavy atom. The van der Waals surface area contributed by atoms with Gasteiger partial charge in [-0.1, -0.05) is 6.07 Å². The minimum absolute atomic E-state index is 0.0917. The monoisotopic (exact) mass is 230 g/mol. The molecule has 0 aliphatic rings. The van der Waals surface area contributed by atoms with E-state index in [9.17, 15) is 4.79 Å². The number of hydrogen-bond donors (Lipinski definition) is 1. The third-order valence-corrected chi connectivity index (χ3v) is 2.35. The number of fused-ring (bicyclic) bond motifs is 1. The number of nitriles is 1. The largest absolute Gasteiger partial charge is 0.481 e. The van der Waals surface area contributed by atoms with Crippen LogP contribution in [0.1, 0.15) is 17.9 Å². The van der Waals surface area contributed by atoms with Gasteiger partial charge in [-0.2, -0.15) is 5.26 Å². The number of carboxylic acid groups (broad SMARTS) is 1. The summed E-state index contributed by atoms with van der Waals surface area (Å²) in [5.74, 6) is -0.437. The van der Waals surface area contributed by atoms with E-state index in [-0.39, 0.29) is 12.8 Å². The average Bonchev–Trinajstić information content (AvgIpc) is 2.68. The standard InChI is InChI=1S/C12H10N2O3/c13-6-5-11-14-9-7-8(2-4-12(15)16)1-3-10(9)17-11/h1,3,7H,2,4-5H2,(H,15,16). The molecule has 1 aromatic carbocycles. The molecule has 0 bridgehead atoms. The molecule has 0 saturated heterocycles. The normalized spacial score (nSPS) is 10.3. The summed E-state index contributed by atoms with van der Waals surface area (Å²) >= 11 is 0. The Kier molecular flexibility index (Phi) is 3.06. The van der Waals surface area contributed by atoms with E-state index >= 15 is 0 Å². The van der Waals surface area contributed by atoms with Gasteiger partial charge in [0, 0.05) is 6.42 Å². The van der Waals surface area contributed by atoms with Gasteiger partial charge in [-0.15, -0.1) is 0 Å². The molecule has 0 radical (unpaired) electrons. The number of oxazole rings is 1. The van der Waals surface area contributed by atoms with Crippen LogP contribution in [0, 0.1) is 11.3 Å². The van der Waals surface area contributed by atoms with Gasteiger partial charge >= 0.3 is 5.97 Å². The van der Waals surface area contributed by atoms with E-state index in [4.69, 9.17) is 14.8 Å². The zero-order chi connectivity index (χ0) is 12.3. The first-order valence-corrected chi connectivity index (χ1v) is 5.16. The number of carbonyl (C=O) groups is 1. The SMILES string of the molecule is N#CCc1nc2cc(CCC(=O)O)ccc2o1. The van der Waals surface area contributed by atoms with Gasteiger partial charge in [0.2, 0.25) is 5.89 Å². The summed E-state index contributed by atoms with van der Waals surface area (Å²) in [7, 11) is 0. The first-order valence-electron chi connectivity index (χ1n) is 5.16. The molecule has 0 amide bonds. The van der Waals surface area contributed by atoms with Crippen molar-refractivity contribution in [3.05, 3.63) is 29.7 Å². The summed E-state index contributed by atoms with van der Waals surface area (Å²) in [5.41, 5.74) is 2.18. The van der Waals surface area contributed by atoms with Gasteiger partial charge in [-0.05, 0) is 24.1 Å². The minimum Gasteiger partial charge on any atom is -0.481 e. The molecule has 0 atom stereocenters. The van der Waals surface area contributed by atoms with E-state index in [1.54, 1.807) is 12.1 Å². The predicted molar refractivity (Wildman–Crippen MR) is 59.3 cm³/mol. The summed E-state index contributed by atoms with van der Waals surface area (Å²) in [6.07, 6.45) is 0.694. The second-order valence-electron chi connectivity index (χ2n) is 3.64. The number of nitrogens with zero attached hydrogens (tertiary/aromatic N) is 2. The summed E-state index contributed by atoms with van der Waals surface area (Å²) in [6, 6.07) is 7.32. The van der Waals surface area contributed by atoms with Crippen LogP contribution < -0.4 is 0 Å². The number of benzene rings is 1. The fourth-order valence-electron chi connectivity index (χ4n) is 1.57. The maximum atomic E-state index is 10.5. The highest BCUT2D eigenvalue weighted by Gasteiger charge is 2.06. The Hall–Kier alpha value is -2.35. The Morgan fingerprint density at radius 3 is 3.06 bits per heavy atom. The molecule has 0 saturated carbocycles. The third kappa shape index (κ3) is 2.61. The zero-order valence-corrected chi connectivity index (χ0v) is 9.01. The van der Waals surface area contributed by atoms with Crippen LogP contribution in [-0.4, -0.2) is 16.1 Å². The van der Waals surface area contributed by atoms with E-state index < -0.39 is 5.97 Å². The van der Waals surface area contributed by atoms with Crippen LogP contribution in [0.5, 0.6) is 0 Å². The van der Waals surface area contributed by atoms with Crippen molar-refractivity contribution in [1.29, 1.82) is 5.26 Å². The Balaban J connectivity index is 2.24. The van der Waals surface area contributed by atoms with Crippen LogP contribution in [0.4, 0.5) is 0 Å². The van der Waals surface area contributed by atoms with Crippen molar-refractivity contribution in [3.63, 3.8) is 0 Å². The van der Waals surface area contributed by atoms with Gasteiger partial charge in [-0.3, -0.25) is 4.79 Å². The van der Waals surface area contributed by atoms with Crippen LogP contribution in [0.3, 0.4) is 0 Å². The quantitative estimate of drug-likeness (QED) is 0.866. The van der Waals surface area contributed by atoms with Crippen LogP contribution in [0.15, 0.2) is 22.6 Å². The molecule has 2 rings (SSSR count). The predicted octanol–water partition coefficient (Wildman–Crippen LogP) is 1.91. The lowest BCUT2D eigenvalue weighted by atomic mass is 10.1. The van der Waals surface area contributed by atoms with Crippen LogP contribution in [0.2, 0.25) is 0 Å². The Labute approximate surface area is 97.3 Å². The highest BCUT2D eigenvalue weighted by molar-refractivity contribution is 5.74. The average molecular weight is 230 g/mol. The van der Waals surface area contributed by atoms with E-state index in [2.05, 4.69) is 4.98 Å². The molecule has 1 N–H and O–H groups in total. The summed E-state index contributed by atoms with van der Waals surface area (Å²) in [5, 5.41) is 17.1. The molecule has 0 aliphatic heterocycles.